The van der Waals surface area contributed by atoms with E-state index in [4.69, 9.17) is 4.55 Å². The molecule has 6 nitrogen and oxygen atoms in total. The number of fused-ring (bicyclic) bond motifs is 1. The van der Waals surface area contributed by atoms with Gasteiger partial charge in [-0.05, 0) is 32.8 Å². The number of benzene rings is 1. The van der Waals surface area contributed by atoms with Crippen molar-refractivity contribution in [3.63, 3.8) is 0 Å². The fourth-order valence-corrected chi connectivity index (χ4v) is 4.50. The van der Waals surface area contributed by atoms with Crippen molar-refractivity contribution in [1.82, 2.24) is 0 Å². The predicted octanol–water partition coefficient (Wildman–Crippen LogP) is 4.33. The highest BCUT2D eigenvalue weighted by atomic mass is 32.2. The first-order valence-electron chi connectivity index (χ1n) is 10.3. The van der Waals surface area contributed by atoms with Gasteiger partial charge in [-0.2, -0.15) is 13.0 Å². The van der Waals surface area contributed by atoms with Gasteiger partial charge in [0.1, 0.15) is 6.54 Å². The topological polar surface area (TPSA) is 91.5 Å². The number of hydrogen-bond acceptors (Lipinski definition) is 4. The Morgan fingerprint density at radius 1 is 1.07 bits per heavy atom. The Morgan fingerprint density at radius 2 is 1.66 bits per heavy atom. The monoisotopic (exact) mass is 422 g/mol. The Hall–Kier alpha value is -1.86. The van der Waals surface area contributed by atoms with Crippen molar-refractivity contribution in [2.24, 2.45) is 0 Å². The molecule has 0 saturated carbocycles. The van der Waals surface area contributed by atoms with Crippen molar-refractivity contribution in [3.8, 4) is 0 Å². The van der Waals surface area contributed by atoms with Gasteiger partial charge in [0.15, 0.2) is 17.3 Å². The molecule has 0 unspecified atom stereocenters. The molecule has 7 heteroatoms. The zero-order valence-electron chi connectivity index (χ0n) is 18.0. The molecule has 1 N–H and O–H groups in total. The normalized spacial score (nSPS) is 15.5. The molecule has 1 aliphatic heterocycles. The number of ketones is 2. The minimum atomic E-state index is -4.04. The van der Waals surface area contributed by atoms with Crippen molar-refractivity contribution in [2.45, 2.75) is 72.1 Å². The Kier molecular flexibility index (Phi) is 7.17. The maximum Gasteiger partial charge on any atom is 0.265 e. The lowest BCUT2D eigenvalue weighted by Crippen LogP contribution is -2.28. The third kappa shape index (κ3) is 5.01. The number of nitrogens with zero attached hydrogens (tertiary/aromatic N) is 1. The van der Waals surface area contributed by atoms with E-state index in [9.17, 15) is 18.0 Å². The molecule has 29 heavy (non-hydrogen) atoms. The molecular weight excluding hydrogens is 390 g/mol. The van der Waals surface area contributed by atoms with Crippen LogP contribution in [-0.4, -0.2) is 47.1 Å². The molecule has 0 aliphatic carbocycles. The van der Waals surface area contributed by atoms with Gasteiger partial charge in [0, 0.05) is 43.4 Å². The Labute approximate surface area is 173 Å². The number of carbonyl (C=O) groups is 2. The first-order valence-corrected chi connectivity index (χ1v) is 11.9. The first kappa shape index (κ1) is 23.4. The van der Waals surface area contributed by atoms with Gasteiger partial charge in [-0.15, -0.1) is 0 Å². The van der Waals surface area contributed by atoms with Crippen molar-refractivity contribution in [1.29, 1.82) is 0 Å². The summed E-state index contributed by atoms with van der Waals surface area (Å²) >= 11 is 0. The largest absolute Gasteiger partial charge is 0.294 e. The Bertz CT molecular complexity index is 958. The molecule has 0 amide bonds. The van der Waals surface area contributed by atoms with Crippen LogP contribution < -0.4 is 0 Å². The van der Waals surface area contributed by atoms with Crippen molar-refractivity contribution < 1.29 is 27.1 Å². The molecule has 0 spiro atoms. The van der Waals surface area contributed by atoms with Crippen LogP contribution in [0.15, 0.2) is 12.1 Å². The van der Waals surface area contributed by atoms with E-state index in [1.807, 2.05) is 45.3 Å². The fraction of sp³-hybridized carbons (Fsp3) is 0.591. The van der Waals surface area contributed by atoms with Gasteiger partial charge < -0.3 is 0 Å². The van der Waals surface area contributed by atoms with Gasteiger partial charge in [0.05, 0.1) is 16.7 Å². The van der Waals surface area contributed by atoms with Crippen LogP contribution in [-0.2, 0) is 15.5 Å². The maximum absolute atomic E-state index is 12.9. The van der Waals surface area contributed by atoms with Gasteiger partial charge in [-0.3, -0.25) is 14.1 Å². The molecule has 2 rings (SSSR count). The van der Waals surface area contributed by atoms with Gasteiger partial charge in [-0.1, -0.05) is 13.8 Å². The molecule has 160 valence electrons. The molecule has 0 atom stereocenters. The Balaban J connectivity index is 2.62. The standard InChI is InChI=1S/C22H31NO5S/c1-6-9-19(24)16-13-17(20(25)10-7-2)21-18(14-16)23(15(3)22(21,4)5)11-8-12-29(26,27)28/h13-14H,6-12H2,1-5H3/p+1. The van der Waals surface area contributed by atoms with Gasteiger partial charge >= 0.3 is 0 Å². The average Bonchev–Trinajstić information content (AvgIpc) is 2.81. The van der Waals surface area contributed by atoms with Crippen LogP contribution in [0.4, 0.5) is 5.69 Å². The lowest BCUT2D eigenvalue weighted by atomic mass is 9.77. The summed E-state index contributed by atoms with van der Waals surface area (Å²) < 4.78 is 33.3. The van der Waals surface area contributed by atoms with Crippen LogP contribution in [0.1, 0.15) is 93.0 Å². The van der Waals surface area contributed by atoms with Crippen LogP contribution in [0, 0.1) is 0 Å². The van der Waals surface area contributed by atoms with Crippen LogP contribution in [0.25, 0.3) is 0 Å². The molecule has 0 bridgehead atoms. The second-order valence-corrected chi connectivity index (χ2v) is 9.84. The highest BCUT2D eigenvalue weighted by Crippen LogP contribution is 2.43. The van der Waals surface area contributed by atoms with E-state index in [2.05, 4.69) is 0 Å². The number of rotatable bonds is 10. The summed E-state index contributed by atoms with van der Waals surface area (Å²) in [5.74, 6) is -0.306. The minimum Gasteiger partial charge on any atom is -0.294 e. The van der Waals surface area contributed by atoms with E-state index in [1.165, 1.54) is 0 Å². The lowest BCUT2D eigenvalue weighted by Gasteiger charge is -2.19. The molecule has 1 aromatic carbocycles. The maximum atomic E-state index is 12.9. The minimum absolute atomic E-state index is 0.00101. The third-order valence-corrected chi connectivity index (χ3v) is 6.51. The summed E-state index contributed by atoms with van der Waals surface area (Å²) in [6.07, 6.45) is 2.52. The zero-order chi connectivity index (χ0) is 22.0. The van der Waals surface area contributed by atoms with Gasteiger partial charge in [0.25, 0.3) is 10.1 Å². The van der Waals surface area contributed by atoms with E-state index in [0.29, 0.717) is 30.5 Å². The molecule has 1 heterocycles. The van der Waals surface area contributed by atoms with Crippen LogP contribution in [0.2, 0.25) is 0 Å². The predicted molar refractivity (Wildman–Crippen MR) is 114 cm³/mol. The van der Waals surface area contributed by atoms with Crippen LogP contribution in [0.5, 0.6) is 0 Å². The smallest absolute Gasteiger partial charge is 0.265 e. The third-order valence-electron chi connectivity index (χ3n) is 5.70. The van der Waals surface area contributed by atoms with Crippen LogP contribution >= 0.6 is 0 Å². The van der Waals surface area contributed by atoms with E-state index < -0.39 is 15.5 Å². The van der Waals surface area contributed by atoms with Crippen molar-refractivity contribution in [2.75, 3.05) is 12.3 Å². The van der Waals surface area contributed by atoms with Gasteiger partial charge in [0.2, 0.25) is 5.69 Å². The van der Waals surface area contributed by atoms with E-state index in [0.717, 1.165) is 29.8 Å². The van der Waals surface area contributed by atoms with Crippen LogP contribution in [0.3, 0.4) is 0 Å². The molecular formula is C22H32NO5S+. The molecule has 1 aliphatic rings. The zero-order valence-corrected chi connectivity index (χ0v) is 18.9. The second-order valence-electron chi connectivity index (χ2n) is 8.27. The number of Topliss-reactive ketones (excluding diaryl/α,β-unsaturated/α-hetero) is 2. The van der Waals surface area contributed by atoms with Gasteiger partial charge in [-0.25, -0.2) is 0 Å². The summed E-state index contributed by atoms with van der Waals surface area (Å²) in [5.41, 5.74) is 3.38. The highest BCUT2D eigenvalue weighted by molar-refractivity contribution is 7.85. The highest BCUT2D eigenvalue weighted by Gasteiger charge is 2.46. The van der Waals surface area contributed by atoms with Crippen molar-refractivity contribution >= 4 is 33.1 Å². The van der Waals surface area contributed by atoms with Crippen molar-refractivity contribution in [3.05, 3.63) is 28.8 Å². The molecule has 1 aromatic rings. The summed E-state index contributed by atoms with van der Waals surface area (Å²) in [6.45, 7) is 10.3. The SMILES string of the molecule is CCCC(=O)c1cc(C(=O)CCC)c2c(c1)[N+](CCCS(=O)(=O)O)=C(C)C2(C)C. The second kappa shape index (κ2) is 8.88. The average molecular weight is 423 g/mol. The quantitative estimate of drug-likeness (QED) is 0.344. The molecule has 0 radical (unpaired) electrons. The van der Waals surface area contributed by atoms with E-state index >= 15 is 0 Å². The summed E-state index contributed by atoms with van der Waals surface area (Å²) in [4.78, 5) is 25.6. The molecule has 0 aromatic heterocycles. The number of carbonyl (C=O) groups excluding carboxylic acids is 2. The summed E-state index contributed by atoms with van der Waals surface area (Å²) in [5, 5.41) is 0. The van der Waals surface area contributed by atoms with E-state index in [1.54, 1.807) is 6.07 Å². The summed E-state index contributed by atoms with van der Waals surface area (Å²) in [6, 6.07) is 3.58. The first-order chi connectivity index (χ1) is 13.4. The van der Waals surface area contributed by atoms with E-state index in [-0.39, 0.29) is 23.7 Å². The fourth-order valence-electron chi connectivity index (χ4n) is 4.00. The number of hydrogen-bond donors (Lipinski definition) is 1. The summed E-state index contributed by atoms with van der Waals surface area (Å²) in [7, 11) is -4.04. The lowest BCUT2D eigenvalue weighted by molar-refractivity contribution is -0.438. The molecule has 0 fully saturated rings. The molecule has 0 saturated heterocycles. The Morgan fingerprint density at radius 3 is 2.21 bits per heavy atom.